The van der Waals surface area contributed by atoms with Gasteiger partial charge in [0.05, 0.1) is 12.1 Å². The molecule has 0 radical (unpaired) electrons. The molecule has 5 nitrogen and oxygen atoms in total. The van der Waals surface area contributed by atoms with Gasteiger partial charge in [0.15, 0.2) is 0 Å². The summed E-state index contributed by atoms with van der Waals surface area (Å²) in [5, 5.41) is -0.112. The topological polar surface area (TPSA) is 69.7 Å². The Kier molecular flexibility index (Phi) is 3.16. The summed E-state index contributed by atoms with van der Waals surface area (Å²) in [7, 11) is 1.51. The predicted molar refractivity (Wildman–Crippen MR) is 61.9 cm³/mol. The first-order valence-electron chi connectivity index (χ1n) is 4.89. The van der Waals surface area contributed by atoms with Gasteiger partial charge in [-0.15, -0.1) is 0 Å². The molecule has 1 aromatic rings. The molecular formula is C12H7ClO5. The lowest BCUT2D eigenvalue weighted by molar-refractivity contribution is -0.154. The average Bonchev–Trinajstić information content (AvgIpc) is 2.63. The molecule has 0 aromatic heterocycles. The van der Waals surface area contributed by atoms with E-state index >= 15 is 0 Å². The van der Waals surface area contributed by atoms with Crippen molar-refractivity contribution >= 4 is 34.4 Å². The van der Waals surface area contributed by atoms with E-state index < -0.39 is 23.3 Å². The standard InChI is InChI=1S/C12H7ClO5/c1-17-7-4-2-6(3-5-7)9(13)8-10(14)12(16)18-11(8)15/h2-5H,1H3. The number of hydrogen-bond donors (Lipinski definition) is 0. The Bertz CT molecular complexity index is 571. The fraction of sp³-hybridized carbons (Fsp3) is 0.0833. The fourth-order valence-electron chi connectivity index (χ4n) is 1.45. The molecule has 2 rings (SSSR count). The Morgan fingerprint density at radius 1 is 1.11 bits per heavy atom. The summed E-state index contributed by atoms with van der Waals surface area (Å²) in [6.07, 6.45) is 0. The van der Waals surface area contributed by atoms with Gasteiger partial charge in [-0.05, 0) is 29.8 Å². The number of ketones is 1. The second kappa shape index (κ2) is 4.62. The van der Waals surface area contributed by atoms with Gasteiger partial charge in [-0.25, -0.2) is 9.59 Å². The molecule has 6 heteroatoms. The van der Waals surface area contributed by atoms with E-state index in [0.29, 0.717) is 11.3 Å². The van der Waals surface area contributed by atoms with Gasteiger partial charge >= 0.3 is 11.9 Å². The number of rotatable bonds is 2. The third-order valence-electron chi connectivity index (χ3n) is 2.36. The Morgan fingerprint density at radius 3 is 2.17 bits per heavy atom. The number of ether oxygens (including phenoxy) is 2. The molecule has 0 spiro atoms. The lowest BCUT2D eigenvalue weighted by Gasteiger charge is -2.02. The third-order valence-corrected chi connectivity index (χ3v) is 2.77. The number of benzene rings is 1. The molecule has 1 saturated heterocycles. The Balaban J connectivity index is 2.46. The summed E-state index contributed by atoms with van der Waals surface area (Å²) in [5.74, 6) is -2.65. The highest BCUT2D eigenvalue weighted by Crippen LogP contribution is 2.28. The summed E-state index contributed by atoms with van der Waals surface area (Å²) in [4.78, 5) is 33.6. The molecule has 0 saturated carbocycles. The van der Waals surface area contributed by atoms with Crippen LogP contribution in [0, 0.1) is 0 Å². The minimum atomic E-state index is -1.21. The summed E-state index contributed by atoms with van der Waals surface area (Å²) in [5.41, 5.74) is -0.0145. The van der Waals surface area contributed by atoms with Crippen molar-refractivity contribution < 1.29 is 23.9 Å². The lowest BCUT2D eigenvalue weighted by atomic mass is 10.1. The number of cyclic esters (lactones) is 2. The molecule has 1 aliphatic rings. The molecular weight excluding hydrogens is 260 g/mol. The van der Waals surface area contributed by atoms with Gasteiger partial charge in [0.2, 0.25) is 0 Å². The van der Waals surface area contributed by atoms with E-state index in [1.54, 1.807) is 24.3 Å². The van der Waals surface area contributed by atoms with Gasteiger partial charge in [0.25, 0.3) is 5.78 Å². The average molecular weight is 267 g/mol. The van der Waals surface area contributed by atoms with Crippen LogP contribution in [0.2, 0.25) is 0 Å². The SMILES string of the molecule is COc1ccc(C(Cl)=C2C(=O)OC(=O)C2=O)cc1. The minimum Gasteiger partial charge on any atom is -0.497 e. The van der Waals surface area contributed by atoms with Crippen molar-refractivity contribution in [3.05, 3.63) is 35.4 Å². The van der Waals surface area contributed by atoms with Crippen molar-refractivity contribution in [3.8, 4) is 5.75 Å². The molecule has 1 aliphatic heterocycles. The maximum absolute atomic E-state index is 11.4. The van der Waals surface area contributed by atoms with Gasteiger partial charge in [-0.1, -0.05) is 11.6 Å². The quantitative estimate of drug-likeness (QED) is 0.265. The largest absolute Gasteiger partial charge is 0.497 e. The van der Waals surface area contributed by atoms with Crippen LogP contribution in [0.15, 0.2) is 29.8 Å². The van der Waals surface area contributed by atoms with E-state index in [1.165, 1.54) is 7.11 Å². The van der Waals surface area contributed by atoms with Gasteiger partial charge < -0.3 is 9.47 Å². The summed E-state index contributed by atoms with van der Waals surface area (Å²) in [6, 6.07) is 6.37. The van der Waals surface area contributed by atoms with E-state index in [0.717, 1.165) is 0 Å². The molecule has 1 heterocycles. The van der Waals surface area contributed by atoms with Crippen LogP contribution in [0.3, 0.4) is 0 Å². The van der Waals surface area contributed by atoms with Crippen molar-refractivity contribution in [1.82, 2.24) is 0 Å². The minimum absolute atomic E-state index is 0.112. The van der Waals surface area contributed by atoms with E-state index in [9.17, 15) is 14.4 Å². The highest BCUT2D eigenvalue weighted by atomic mass is 35.5. The van der Waals surface area contributed by atoms with Crippen LogP contribution in [0.25, 0.3) is 5.03 Å². The number of esters is 2. The van der Waals surface area contributed by atoms with Gasteiger partial charge in [-0.2, -0.15) is 0 Å². The molecule has 0 N–H and O–H groups in total. The molecule has 0 aliphatic carbocycles. The number of carbonyl (C=O) groups is 3. The summed E-state index contributed by atoms with van der Waals surface area (Å²) in [6.45, 7) is 0. The van der Waals surface area contributed by atoms with Gasteiger partial charge in [0.1, 0.15) is 11.3 Å². The lowest BCUT2D eigenvalue weighted by Crippen LogP contribution is -2.07. The fourth-order valence-corrected chi connectivity index (χ4v) is 1.74. The first-order chi connectivity index (χ1) is 8.54. The van der Waals surface area contributed by atoms with Crippen molar-refractivity contribution in [3.63, 3.8) is 0 Å². The van der Waals surface area contributed by atoms with Crippen molar-refractivity contribution in [1.29, 1.82) is 0 Å². The third kappa shape index (κ3) is 2.00. The summed E-state index contributed by atoms with van der Waals surface area (Å²) >= 11 is 5.93. The van der Waals surface area contributed by atoms with Crippen LogP contribution < -0.4 is 4.74 Å². The van der Waals surface area contributed by atoms with E-state index in [4.69, 9.17) is 16.3 Å². The first-order valence-corrected chi connectivity index (χ1v) is 5.27. The highest BCUT2D eigenvalue weighted by Gasteiger charge is 2.40. The van der Waals surface area contributed by atoms with Crippen molar-refractivity contribution in [2.24, 2.45) is 0 Å². The zero-order valence-corrected chi connectivity index (χ0v) is 9.98. The number of carbonyl (C=O) groups excluding carboxylic acids is 3. The van der Waals surface area contributed by atoms with Crippen molar-refractivity contribution in [2.45, 2.75) is 0 Å². The van der Waals surface area contributed by atoms with Gasteiger partial charge in [-0.3, -0.25) is 4.79 Å². The second-order valence-corrected chi connectivity index (χ2v) is 3.80. The highest BCUT2D eigenvalue weighted by molar-refractivity contribution is 6.62. The smallest absolute Gasteiger partial charge is 0.387 e. The molecule has 0 bridgehead atoms. The number of Topliss-reactive ketones (excluding diaryl/α,β-unsaturated/α-hetero) is 1. The Labute approximate surface area is 107 Å². The predicted octanol–water partition coefficient (Wildman–Crippen LogP) is 1.30. The van der Waals surface area contributed by atoms with E-state index in [1.807, 2.05) is 0 Å². The van der Waals surface area contributed by atoms with Crippen LogP contribution in [-0.4, -0.2) is 24.8 Å². The monoisotopic (exact) mass is 266 g/mol. The normalized spacial score (nSPS) is 17.8. The van der Waals surface area contributed by atoms with Crippen LogP contribution in [0.1, 0.15) is 5.56 Å². The zero-order chi connectivity index (χ0) is 13.3. The molecule has 92 valence electrons. The first kappa shape index (κ1) is 12.3. The van der Waals surface area contributed by atoms with Gasteiger partial charge in [0, 0.05) is 0 Å². The van der Waals surface area contributed by atoms with E-state index in [2.05, 4.69) is 4.74 Å². The molecule has 0 atom stereocenters. The number of methoxy groups -OCH3 is 1. The van der Waals surface area contributed by atoms with E-state index in [-0.39, 0.29) is 5.03 Å². The molecule has 18 heavy (non-hydrogen) atoms. The molecule has 1 aromatic carbocycles. The number of halogens is 1. The summed E-state index contributed by atoms with van der Waals surface area (Å²) < 4.78 is 9.14. The molecule has 0 amide bonds. The zero-order valence-electron chi connectivity index (χ0n) is 9.23. The Hall–Kier alpha value is -2.14. The van der Waals surface area contributed by atoms with Crippen LogP contribution in [-0.2, 0) is 19.1 Å². The molecule has 1 fully saturated rings. The number of hydrogen-bond acceptors (Lipinski definition) is 5. The van der Waals surface area contributed by atoms with Crippen LogP contribution in [0.5, 0.6) is 5.75 Å². The van der Waals surface area contributed by atoms with Crippen molar-refractivity contribution in [2.75, 3.05) is 7.11 Å². The maximum atomic E-state index is 11.4. The molecule has 0 unspecified atom stereocenters. The van der Waals surface area contributed by atoms with Crippen LogP contribution >= 0.6 is 11.6 Å². The Morgan fingerprint density at radius 2 is 1.72 bits per heavy atom. The maximum Gasteiger partial charge on any atom is 0.387 e. The second-order valence-electron chi connectivity index (χ2n) is 3.42. The van der Waals surface area contributed by atoms with Crippen LogP contribution in [0.4, 0.5) is 0 Å².